The number of aromatic nitrogens is 2. The van der Waals surface area contributed by atoms with Gasteiger partial charge in [0.05, 0.1) is 0 Å². The van der Waals surface area contributed by atoms with Crippen LogP contribution < -0.4 is 5.32 Å². The minimum Gasteiger partial charge on any atom is -0.366 e. The molecular weight excluding hydrogens is 287 g/mol. The molecule has 1 rings (SSSR count). The van der Waals surface area contributed by atoms with Gasteiger partial charge >= 0.3 is 6.18 Å². The molecule has 102 valence electrons. The molecule has 1 aromatic rings. The van der Waals surface area contributed by atoms with E-state index in [2.05, 4.69) is 15.3 Å². The van der Waals surface area contributed by atoms with Gasteiger partial charge in [0.25, 0.3) is 0 Å². The van der Waals surface area contributed by atoms with E-state index in [1.165, 1.54) is 0 Å². The van der Waals surface area contributed by atoms with Crippen LogP contribution in [0, 0.1) is 0 Å². The average Bonchev–Trinajstić information content (AvgIpc) is 2.26. The van der Waals surface area contributed by atoms with E-state index in [1.807, 2.05) is 13.2 Å². The minimum absolute atomic E-state index is 0.0482. The van der Waals surface area contributed by atoms with Crippen LogP contribution in [0.5, 0.6) is 0 Å². The zero-order valence-electron chi connectivity index (χ0n) is 9.88. The van der Waals surface area contributed by atoms with Gasteiger partial charge in [0, 0.05) is 17.9 Å². The molecule has 0 spiro atoms. The number of alkyl halides is 3. The molecule has 1 atom stereocenters. The zero-order chi connectivity index (χ0) is 13.8. The highest BCUT2D eigenvalue weighted by Crippen LogP contribution is 2.29. The van der Waals surface area contributed by atoms with Crippen LogP contribution in [-0.2, 0) is 6.18 Å². The van der Waals surface area contributed by atoms with Crippen LogP contribution in [0.1, 0.15) is 19.0 Å². The third kappa shape index (κ3) is 4.53. The molecule has 0 saturated heterocycles. The number of nitrogens with one attached hydrogen (secondary N) is 1. The lowest BCUT2D eigenvalue weighted by Crippen LogP contribution is -2.22. The molecule has 0 radical (unpaired) electrons. The van der Waals surface area contributed by atoms with Crippen molar-refractivity contribution in [3.8, 4) is 0 Å². The lowest BCUT2D eigenvalue weighted by atomic mass is 10.2. The molecule has 0 aliphatic heterocycles. The molecule has 0 fully saturated rings. The summed E-state index contributed by atoms with van der Waals surface area (Å²) in [7, 11) is 0. The third-order valence-electron chi connectivity index (χ3n) is 2.20. The Kier molecular flexibility index (Phi) is 5.52. The van der Waals surface area contributed by atoms with Gasteiger partial charge < -0.3 is 5.32 Å². The summed E-state index contributed by atoms with van der Waals surface area (Å²) in [4.78, 5) is 6.92. The fraction of sp³-hybridized carbons (Fsp3) is 0.600. The maximum atomic E-state index is 12.5. The molecule has 1 aromatic heterocycles. The Labute approximate surface area is 113 Å². The van der Waals surface area contributed by atoms with Crippen LogP contribution in [-0.4, -0.2) is 28.0 Å². The van der Waals surface area contributed by atoms with Crippen molar-refractivity contribution in [2.45, 2.75) is 25.6 Å². The van der Waals surface area contributed by atoms with Crippen molar-refractivity contribution < 1.29 is 13.2 Å². The molecule has 0 amide bonds. The van der Waals surface area contributed by atoms with Crippen molar-refractivity contribution >= 4 is 29.2 Å². The third-order valence-corrected chi connectivity index (χ3v) is 3.11. The summed E-state index contributed by atoms with van der Waals surface area (Å²) in [6.07, 6.45) is -1.81. The highest BCUT2D eigenvalue weighted by Gasteiger charge is 2.33. The number of halogens is 4. The van der Waals surface area contributed by atoms with Gasteiger partial charge in [-0.2, -0.15) is 24.9 Å². The Hall–Kier alpha value is -0.690. The van der Waals surface area contributed by atoms with E-state index in [-0.39, 0.29) is 11.9 Å². The van der Waals surface area contributed by atoms with Crippen LogP contribution >= 0.6 is 23.4 Å². The van der Waals surface area contributed by atoms with Gasteiger partial charge in [-0.05, 0) is 24.3 Å². The summed E-state index contributed by atoms with van der Waals surface area (Å²) in [5.41, 5.74) is -1.04. The maximum Gasteiger partial charge on any atom is 0.433 e. The summed E-state index contributed by atoms with van der Waals surface area (Å²) in [5.74, 6) is 0.877. The molecule has 0 aliphatic carbocycles. The van der Waals surface area contributed by atoms with E-state index in [0.29, 0.717) is 0 Å². The second kappa shape index (κ2) is 6.47. The molecular formula is C10H13ClF3N3S. The second-order valence-corrected chi connectivity index (χ2v) is 4.86. The van der Waals surface area contributed by atoms with Crippen molar-refractivity contribution in [1.82, 2.24) is 9.97 Å². The maximum absolute atomic E-state index is 12.5. The topological polar surface area (TPSA) is 37.8 Å². The van der Waals surface area contributed by atoms with Crippen LogP contribution in [0.4, 0.5) is 19.0 Å². The van der Waals surface area contributed by atoms with E-state index in [0.717, 1.165) is 18.2 Å². The molecule has 0 saturated carbocycles. The van der Waals surface area contributed by atoms with Gasteiger partial charge in [0.15, 0.2) is 5.69 Å². The lowest BCUT2D eigenvalue weighted by molar-refractivity contribution is -0.141. The monoisotopic (exact) mass is 299 g/mol. The Morgan fingerprint density at radius 2 is 2.11 bits per heavy atom. The van der Waals surface area contributed by atoms with Gasteiger partial charge in [-0.15, -0.1) is 0 Å². The Bertz CT molecular complexity index is 400. The number of nitrogens with zero attached hydrogens (tertiary/aromatic N) is 2. The van der Waals surface area contributed by atoms with Crippen molar-refractivity contribution in [2.75, 3.05) is 17.3 Å². The summed E-state index contributed by atoms with van der Waals surface area (Å²) < 4.78 is 37.6. The van der Waals surface area contributed by atoms with Crippen LogP contribution in [0.2, 0.25) is 5.28 Å². The summed E-state index contributed by atoms with van der Waals surface area (Å²) in [5, 5.41) is 2.52. The molecule has 3 nitrogen and oxygen atoms in total. The summed E-state index contributed by atoms with van der Waals surface area (Å²) in [6.45, 7) is 1.95. The predicted octanol–water partition coefficient (Wildman–Crippen LogP) is 3.70. The van der Waals surface area contributed by atoms with Gasteiger partial charge in [0.1, 0.15) is 5.82 Å². The van der Waals surface area contributed by atoms with E-state index < -0.39 is 17.2 Å². The number of thioether (sulfide) groups is 1. The van der Waals surface area contributed by atoms with Crippen molar-refractivity contribution in [3.63, 3.8) is 0 Å². The van der Waals surface area contributed by atoms with E-state index in [4.69, 9.17) is 11.6 Å². The highest BCUT2D eigenvalue weighted by molar-refractivity contribution is 7.98. The van der Waals surface area contributed by atoms with Crippen LogP contribution in [0.3, 0.4) is 0 Å². The number of hydrogen-bond donors (Lipinski definition) is 1. The van der Waals surface area contributed by atoms with Crippen molar-refractivity contribution in [3.05, 3.63) is 17.0 Å². The largest absolute Gasteiger partial charge is 0.433 e. The fourth-order valence-electron chi connectivity index (χ4n) is 1.31. The molecule has 0 aromatic carbocycles. The first-order valence-corrected chi connectivity index (χ1v) is 7.01. The van der Waals surface area contributed by atoms with E-state index in [1.54, 1.807) is 11.8 Å². The standard InChI is InChI=1S/C10H13ClF3N3S/c1-3-6(5-18-2)15-8-4-7(10(12,13)14)16-9(11)17-8/h4,6H,3,5H2,1-2H3,(H,15,16,17). The SMILES string of the molecule is CCC(CSC)Nc1cc(C(F)(F)F)nc(Cl)n1. The first-order valence-electron chi connectivity index (χ1n) is 5.24. The quantitative estimate of drug-likeness (QED) is 0.841. The molecule has 1 N–H and O–H groups in total. The van der Waals surface area contributed by atoms with E-state index in [9.17, 15) is 13.2 Å². The molecule has 18 heavy (non-hydrogen) atoms. The lowest BCUT2D eigenvalue weighted by Gasteiger charge is -2.17. The highest BCUT2D eigenvalue weighted by atomic mass is 35.5. The predicted molar refractivity (Wildman–Crippen MR) is 68.1 cm³/mol. The van der Waals surface area contributed by atoms with Gasteiger partial charge in [0.2, 0.25) is 5.28 Å². The molecule has 1 unspecified atom stereocenters. The smallest absolute Gasteiger partial charge is 0.366 e. The molecule has 8 heteroatoms. The van der Waals surface area contributed by atoms with Gasteiger partial charge in [-0.1, -0.05) is 6.92 Å². The van der Waals surface area contributed by atoms with Crippen LogP contribution in [0.15, 0.2) is 6.07 Å². The molecule has 0 aliphatic rings. The summed E-state index contributed by atoms with van der Waals surface area (Å²) >= 11 is 7.10. The zero-order valence-corrected chi connectivity index (χ0v) is 11.5. The van der Waals surface area contributed by atoms with Crippen molar-refractivity contribution in [1.29, 1.82) is 0 Å². The minimum atomic E-state index is -4.52. The molecule has 0 bridgehead atoms. The Balaban J connectivity index is 2.92. The number of rotatable bonds is 5. The van der Waals surface area contributed by atoms with Crippen LogP contribution in [0.25, 0.3) is 0 Å². The first kappa shape index (κ1) is 15.4. The number of anilines is 1. The Morgan fingerprint density at radius 1 is 1.44 bits per heavy atom. The van der Waals surface area contributed by atoms with E-state index >= 15 is 0 Å². The average molecular weight is 300 g/mol. The van der Waals surface area contributed by atoms with Crippen molar-refractivity contribution in [2.24, 2.45) is 0 Å². The first-order chi connectivity index (χ1) is 8.36. The Morgan fingerprint density at radius 3 is 2.61 bits per heavy atom. The van der Waals surface area contributed by atoms with Gasteiger partial charge in [-0.3, -0.25) is 0 Å². The summed E-state index contributed by atoms with van der Waals surface area (Å²) in [6, 6.07) is 0.918. The normalized spacial score (nSPS) is 13.4. The second-order valence-electron chi connectivity index (χ2n) is 3.61. The van der Waals surface area contributed by atoms with Gasteiger partial charge in [-0.25, -0.2) is 9.97 Å². The fourth-order valence-corrected chi connectivity index (χ4v) is 2.21. The molecule has 1 heterocycles. The number of hydrogen-bond acceptors (Lipinski definition) is 4.